The van der Waals surface area contributed by atoms with Crippen LogP contribution in [0.3, 0.4) is 0 Å². The van der Waals surface area contributed by atoms with Crippen molar-refractivity contribution in [3.8, 4) is 6.07 Å². The Morgan fingerprint density at radius 2 is 2.05 bits per heavy atom. The van der Waals surface area contributed by atoms with Crippen LogP contribution in [0.5, 0.6) is 0 Å². The second kappa shape index (κ2) is 6.15. The molecule has 0 saturated heterocycles. The van der Waals surface area contributed by atoms with E-state index in [1.807, 2.05) is 6.07 Å². The van der Waals surface area contributed by atoms with Gasteiger partial charge in [0.2, 0.25) is 0 Å². The largest absolute Gasteiger partial charge is 0.322 e. The van der Waals surface area contributed by atoms with Crippen molar-refractivity contribution in [2.75, 3.05) is 5.32 Å². The number of nitrogens with one attached hydrogen (secondary N) is 1. The maximum absolute atomic E-state index is 12.1. The Morgan fingerprint density at radius 3 is 2.71 bits per heavy atom. The summed E-state index contributed by atoms with van der Waals surface area (Å²) in [4.78, 5) is 22.3. The first kappa shape index (κ1) is 14.7. The number of hydrogen-bond acceptors (Lipinski definition) is 4. The minimum Gasteiger partial charge on any atom is -0.322 e. The zero-order valence-corrected chi connectivity index (χ0v) is 12.1. The molecule has 0 radical (unpaired) electrons. The molecule has 0 aliphatic heterocycles. The average Bonchev–Trinajstić information content (AvgIpc) is 2.46. The van der Waals surface area contributed by atoms with Crippen molar-refractivity contribution in [2.24, 2.45) is 0 Å². The lowest BCUT2D eigenvalue weighted by Gasteiger charge is -2.06. The van der Waals surface area contributed by atoms with E-state index in [2.05, 4.69) is 21.2 Å². The van der Waals surface area contributed by atoms with Crippen LogP contribution in [-0.4, -0.2) is 10.8 Å². The number of carbonyl (C=O) groups is 1. The first-order chi connectivity index (χ1) is 9.99. The van der Waals surface area contributed by atoms with E-state index in [4.69, 9.17) is 5.26 Å². The number of hydrogen-bond donors (Lipinski definition) is 1. The van der Waals surface area contributed by atoms with E-state index >= 15 is 0 Å². The molecule has 2 aromatic carbocycles. The molecule has 7 heteroatoms. The normalized spacial score (nSPS) is 9.71. The minimum atomic E-state index is -0.572. The fourth-order valence-corrected chi connectivity index (χ4v) is 2.16. The quantitative estimate of drug-likeness (QED) is 0.680. The Hall–Kier alpha value is -2.72. The van der Waals surface area contributed by atoms with Gasteiger partial charge < -0.3 is 5.32 Å². The summed E-state index contributed by atoms with van der Waals surface area (Å²) in [6.45, 7) is 0. The molecule has 0 spiro atoms. The highest BCUT2D eigenvalue weighted by atomic mass is 79.9. The summed E-state index contributed by atoms with van der Waals surface area (Å²) in [6.07, 6.45) is 0. The SMILES string of the molecule is N#Cc1cccc(NC(=O)c2cc(Br)cc([N+](=O)[O-])c2)c1. The number of nitrogens with zero attached hydrogens (tertiary/aromatic N) is 2. The molecule has 0 unspecified atom stereocenters. The van der Waals surface area contributed by atoms with Gasteiger partial charge in [0.1, 0.15) is 0 Å². The molecule has 0 aliphatic rings. The van der Waals surface area contributed by atoms with Crippen LogP contribution in [0.25, 0.3) is 0 Å². The topological polar surface area (TPSA) is 96.0 Å². The van der Waals surface area contributed by atoms with Crippen LogP contribution in [0.4, 0.5) is 11.4 Å². The van der Waals surface area contributed by atoms with Crippen molar-refractivity contribution < 1.29 is 9.72 Å². The van der Waals surface area contributed by atoms with Gasteiger partial charge in [-0.3, -0.25) is 14.9 Å². The summed E-state index contributed by atoms with van der Waals surface area (Å²) in [7, 11) is 0. The van der Waals surface area contributed by atoms with E-state index in [9.17, 15) is 14.9 Å². The van der Waals surface area contributed by atoms with Gasteiger partial charge in [-0.15, -0.1) is 0 Å². The highest BCUT2D eigenvalue weighted by Crippen LogP contribution is 2.22. The summed E-state index contributed by atoms with van der Waals surface area (Å²) in [5, 5.41) is 22.2. The summed E-state index contributed by atoms with van der Waals surface area (Å²) in [5.74, 6) is -0.491. The van der Waals surface area contributed by atoms with Gasteiger partial charge in [0.25, 0.3) is 11.6 Å². The third kappa shape index (κ3) is 3.64. The predicted octanol–water partition coefficient (Wildman–Crippen LogP) is 3.48. The van der Waals surface area contributed by atoms with Gasteiger partial charge in [-0.05, 0) is 24.3 Å². The number of carbonyl (C=O) groups excluding carboxylic acids is 1. The molecule has 1 amide bonds. The molecule has 104 valence electrons. The lowest BCUT2D eigenvalue weighted by atomic mass is 10.1. The number of nitro benzene ring substituents is 1. The van der Waals surface area contributed by atoms with E-state index in [0.29, 0.717) is 15.7 Å². The van der Waals surface area contributed by atoms with Crippen LogP contribution >= 0.6 is 15.9 Å². The van der Waals surface area contributed by atoms with Crippen molar-refractivity contribution in [3.05, 3.63) is 68.2 Å². The van der Waals surface area contributed by atoms with Crippen molar-refractivity contribution in [1.82, 2.24) is 0 Å². The lowest BCUT2D eigenvalue weighted by molar-refractivity contribution is -0.384. The van der Waals surface area contributed by atoms with Gasteiger partial charge in [-0.1, -0.05) is 22.0 Å². The Morgan fingerprint density at radius 1 is 1.29 bits per heavy atom. The number of halogens is 1. The molecule has 1 N–H and O–H groups in total. The van der Waals surface area contributed by atoms with Crippen LogP contribution < -0.4 is 5.32 Å². The molecule has 0 aromatic heterocycles. The van der Waals surface area contributed by atoms with E-state index in [1.165, 1.54) is 24.3 Å². The summed E-state index contributed by atoms with van der Waals surface area (Å²) in [6, 6.07) is 12.3. The monoisotopic (exact) mass is 345 g/mol. The summed E-state index contributed by atoms with van der Waals surface area (Å²) >= 11 is 3.13. The van der Waals surface area contributed by atoms with Crippen molar-refractivity contribution >= 4 is 33.2 Å². The smallest absolute Gasteiger partial charge is 0.271 e. The Labute approximate surface area is 128 Å². The molecule has 0 saturated carbocycles. The molecule has 2 aromatic rings. The Bertz CT molecular complexity index is 768. The van der Waals surface area contributed by atoms with E-state index in [0.717, 1.165) is 0 Å². The second-order valence-electron chi connectivity index (χ2n) is 4.10. The molecular weight excluding hydrogens is 338 g/mol. The summed E-state index contributed by atoms with van der Waals surface area (Å²) in [5.41, 5.74) is 0.827. The number of nitriles is 1. The van der Waals surface area contributed by atoms with Crippen LogP contribution in [0.15, 0.2) is 46.9 Å². The molecular formula is C14H8BrN3O3. The zero-order chi connectivity index (χ0) is 15.4. The van der Waals surface area contributed by atoms with Gasteiger partial charge in [0, 0.05) is 27.9 Å². The number of amides is 1. The molecule has 0 atom stereocenters. The maximum Gasteiger partial charge on any atom is 0.271 e. The van der Waals surface area contributed by atoms with E-state index < -0.39 is 10.8 Å². The first-order valence-electron chi connectivity index (χ1n) is 5.76. The molecule has 0 aliphatic carbocycles. The number of rotatable bonds is 3. The molecule has 0 bridgehead atoms. The van der Waals surface area contributed by atoms with E-state index in [1.54, 1.807) is 18.2 Å². The van der Waals surface area contributed by atoms with Crippen molar-refractivity contribution in [3.63, 3.8) is 0 Å². The Kier molecular flexibility index (Phi) is 4.30. The third-order valence-corrected chi connectivity index (χ3v) is 3.06. The number of anilines is 1. The third-order valence-electron chi connectivity index (χ3n) is 2.61. The Balaban J connectivity index is 2.28. The zero-order valence-electron chi connectivity index (χ0n) is 10.5. The standard InChI is InChI=1S/C14H8BrN3O3/c15-11-5-10(6-13(7-11)18(20)21)14(19)17-12-3-1-2-9(4-12)8-16/h1-7H,(H,17,19). The number of nitro groups is 1. The van der Waals surface area contributed by atoms with Crippen molar-refractivity contribution in [1.29, 1.82) is 5.26 Å². The fraction of sp³-hybridized carbons (Fsp3) is 0. The molecule has 21 heavy (non-hydrogen) atoms. The molecule has 0 fully saturated rings. The summed E-state index contributed by atoms with van der Waals surface area (Å²) < 4.78 is 0.438. The van der Waals surface area contributed by atoms with Gasteiger partial charge in [0.15, 0.2) is 0 Å². The number of non-ortho nitro benzene ring substituents is 1. The minimum absolute atomic E-state index is 0.151. The van der Waals surface area contributed by atoms with Crippen LogP contribution in [0.1, 0.15) is 15.9 Å². The highest BCUT2D eigenvalue weighted by molar-refractivity contribution is 9.10. The van der Waals surface area contributed by atoms with Gasteiger partial charge >= 0.3 is 0 Å². The van der Waals surface area contributed by atoms with Gasteiger partial charge in [0.05, 0.1) is 16.6 Å². The molecule has 0 heterocycles. The van der Waals surface area contributed by atoms with Crippen LogP contribution in [0, 0.1) is 21.4 Å². The maximum atomic E-state index is 12.1. The van der Waals surface area contributed by atoms with Crippen LogP contribution in [-0.2, 0) is 0 Å². The van der Waals surface area contributed by atoms with Crippen molar-refractivity contribution in [2.45, 2.75) is 0 Å². The van der Waals surface area contributed by atoms with Gasteiger partial charge in [-0.25, -0.2) is 0 Å². The molecule has 2 rings (SSSR count). The first-order valence-corrected chi connectivity index (χ1v) is 6.55. The molecule has 6 nitrogen and oxygen atoms in total. The second-order valence-corrected chi connectivity index (χ2v) is 5.02. The highest BCUT2D eigenvalue weighted by Gasteiger charge is 2.14. The predicted molar refractivity (Wildman–Crippen MR) is 79.9 cm³/mol. The number of benzene rings is 2. The van der Waals surface area contributed by atoms with Gasteiger partial charge in [-0.2, -0.15) is 5.26 Å². The lowest BCUT2D eigenvalue weighted by Crippen LogP contribution is -2.12. The van der Waals surface area contributed by atoms with E-state index in [-0.39, 0.29) is 11.3 Å². The fourth-order valence-electron chi connectivity index (χ4n) is 1.68. The average molecular weight is 346 g/mol. The van der Waals surface area contributed by atoms with Crippen LogP contribution in [0.2, 0.25) is 0 Å².